The standard InChI is InChI=1S/C14H14O5.C6H6/c1-4-19-9-7-5-6-8-10(9)12(16)14(18-3)13(17-2)11(8)15;1-2-4-6-5-3-1/h5-7H,4H2,1-3H3;1-6H. The highest BCUT2D eigenvalue weighted by Gasteiger charge is 2.36. The maximum atomic E-state index is 12.4. The van der Waals surface area contributed by atoms with E-state index in [-0.39, 0.29) is 28.4 Å². The molecule has 0 N–H and O–H groups in total. The Morgan fingerprint density at radius 2 is 1.28 bits per heavy atom. The van der Waals surface area contributed by atoms with Gasteiger partial charge >= 0.3 is 0 Å². The number of ketones is 2. The van der Waals surface area contributed by atoms with E-state index in [2.05, 4.69) is 0 Å². The van der Waals surface area contributed by atoms with Crippen LogP contribution in [0.15, 0.2) is 66.1 Å². The monoisotopic (exact) mass is 340 g/mol. The summed E-state index contributed by atoms with van der Waals surface area (Å²) in [7, 11) is 2.66. The van der Waals surface area contributed by atoms with Gasteiger partial charge in [0.05, 0.1) is 26.4 Å². The Hall–Kier alpha value is -3.08. The zero-order valence-electron chi connectivity index (χ0n) is 14.4. The highest BCUT2D eigenvalue weighted by atomic mass is 16.5. The Bertz CT molecular complexity index is 751. The minimum atomic E-state index is -0.405. The van der Waals surface area contributed by atoms with Gasteiger partial charge < -0.3 is 14.2 Å². The fourth-order valence-corrected chi connectivity index (χ4v) is 2.43. The van der Waals surface area contributed by atoms with E-state index in [0.29, 0.717) is 12.4 Å². The second kappa shape index (κ2) is 8.68. The molecule has 0 unspecified atom stereocenters. The van der Waals surface area contributed by atoms with Crippen molar-refractivity contribution in [3.8, 4) is 5.75 Å². The summed E-state index contributed by atoms with van der Waals surface area (Å²) in [5.74, 6) is -0.572. The lowest BCUT2D eigenvalue weighted by Crippen LogP contribution is -2.24. The molecule has 0 radical (unpaired) electrons. The third kappa shape index (κ3) is 3.88. The number of carbonyl (C=O) groups is 2. The van der Waals surface area contributed by atoms with Crippen molar-refractivity contribution < 1.29 is 23.8 Å². The summed E-state index contributed by atoms with van der Waals surface area (Å²) in [6, 6.07) is 16.9. The van der Waals surface area contributed by atoms with Crippen molar-refractivity contribution in [2.24, 2.45) is 0 Å². The van der Waals surface area contributed by atoms with Crippen LogP contribution in [0.1, 0.15) is 27.6 Å². The zero-order valence-corrected chi connectivity index (χ0v) is 14.4. The molecule has 5 nitrogen and oxygen atoms in total. The lowest BCUT2D eigenvalue weighted by Gasteiger charge is -2.20. The van der Waals surface area contributed by atoms with Crippen LogP contribution in [-0.4, -0.2) is 32.4 Å². The number of hydrogen-bond acceptors (Lipinski definition) is 5. The average Bonchev–Trinajstić information content (AvgIpc) is 2.66. The van der Waals surface area contributed by atoms with Crippen molar-refractivity contribution >= 4 is 11.6 Å². The smallest absolute Gasteiger partial charge is 0.236 e. The third-order valence-electron chi connectivity index (χ3n) is 3.49. The summed E-state index contributed by atoms with van der Waals surface area (Å²) < 4.78 is 15.4. The van der Waals surface area contributed by atoms with Crippen molar-refractivity contribution in [3.63, 3.8) is 0 Å². The molecule has 1 aliphatic carbocycles. The van der Waals surface area contributed by atoms with Crippen LogP contribution in [0.4, 0.5) is 0 Å². The van der Waals surface area contributed by atoms with Gasteiger partial charge in [0, 0.05) is 5.56 Å². The van der Waals surface area contributed by atoms with Gasteiger partial charge in [-0.1, -0.05) is 42.5 Å². The van der Waals surface area contributed by atoms with Gasteiger partial charge in [-0.25, -0.2) is 0 Å². The first kappa shape index (κ1) is 18.3. The molecule has 0 aromatic heterocycles. The van der Waals surface area contributed by atoms with Crippen molar-refractivity contribution in [2.75, 3.05) is 20.8 Å². The Kier molecular flexibility index (Phi) is 6.34. The van der Waals surface area contributed by atoms with E-state index in [1.165, 1.54) is 14.2 Å². The first-order chi connectivity index (χ1) is 12.2. The number of allylic oxidation sites excluding steroid dienone is 2. The van der Waals surface area contributed by atoms with E-state index in [1.807, 2.05) is 43.3 Å². The normalized spacial score (nSPS) is 12.8. The molecule has 25 heavy (non-hydrogen) atoms. The number of benzene rings is 2. The molecule has 130 valence electrons. The third-order valence-corrected chi connectivity index (χ3v) is 3.49. The summed E-state index contributed by atoms with van der Waals surface area (Å²) in [6.07, 6.45) is 0. The number of Topliss-reactive ketones (excluding diaryl/α,β-unsaturated/α-hetero) is 2. The number of ether oxygens (including phenoxy) is 3. The predicted molar refractivity (Wildman–Crippen MR) is 93.8 cm³/mol. The second-order valence-corrected chi connectivity index (χ2v) is 4.99. The lowest BCUT2D eigenvalue weighted by molar-refractivity contribution is 0.0826. The summed E-state index contributed by atoms with van der Waals surface area (Å²) in [5, 5.41) is 0. The Balaban J connectivity index is 0.000000316. The van der Waals surface area contributed by atoms with Gasteiger partial charge in [0.1, 0.15) is 5.75 Å². The summed E-state index contributed by atoms with van der Waals surface area (Å²) >= 11 is 0. The summed E-state index contributed by atoms with van der Waals surface area (Å²) in [4.78, 5) is 24.6. The molecule has 0 aliphatic heterocycles. The van der Waals surface area contributed by atoms with Gasteiger partial charge in [0.2, 0.25) is 23.1 Å². The number of carbonyl (C=O) groups excluding carboxylic acids is 2. The molecule has 2 aromatic carbocycles. The van der Waals surface area contributed by atoms with Crippen LogP contribution >= 0.6 is 0 Å². The van der Waals surface area contributed by atoms with Crippen LogP contribution in [-0.2, 0) is 9.47 Å². The van der Waals surface area contributed by atoms with E-state index in [4.69, 9.17) is 14.2 Å². The van der Waals surface area contributed by atoms with Crippen LogP contribution in [0.2, 0.25) is 0 Å². The van der Waals surface area contributed by atoms with Gasteiger partial charge in [-0.15, -0.1) is 0 Å². The molecule has 5 heteroatoms. The molecule has 0 heterocycles. The summed E-state index contributed by atoms with van der Waals surface area (Å²) in [6.45, 7) is 2.21. The van der Waals surface area contributed by atoms with Gasteiger partial charge in [-0.05, 0) is 19.1 Å². The van der Waals surface area contributed by atoms with Crippen molar-refractivity contribution in [2.45, 2.75) is 6.92 Å². The first-order valence-electron chi connectivity index (χ1n) is 7.83. The number of methoxy groups -OCH3 is 2. The van der Waals surface area contributed by atoms with E-state index in [1.54, 1.807) is 18.2 Å². The quantitative estimate of drug-likeness (QED) is 0.850. The van der Waals surface area contributed by atoms with Gasteiger partial charge in [-0.2, -0.15) is 0 Å². The van der Waals surface area contributed by atoms with Gasteiger partial charge in [0.15, 0.2) is 0 Å². The Morgan fingerprint density at radius 1 is 0.760 bits per heavy atom. The van der Waals surface area contributed by atoms with Crippen LogP contribution in [0, 0.1) is 0 Å². The number of hydrogen-bond donors (Lipinski definition) is 0. The molecule has 2 aromatic rings. The van der Waals surface area contributed by atoms with Gasteiger partial charge in [0.25, 0.3) is 0 Å². The maximum Gasteiger partial charge on any atom is 0.236 e. The van der Waals surface area contributed by atoms with E-state index < -0.39 is 5.78 Å². The van der Waals surface area contributed by atoms with Crippen molar-refractivity contribution in [3.05, 3.63) is 77.2 Å². The molecule has 0 fully saturated rings. The minimum absolute atomic E-state index is 0.0753. The molecule has 0 bridgehead atoms. The predicted octanol–water partition coefficient (Wildman–Crippen LogP) is 3.66. The van der Waals surface area contributed by atoms with Crippen LogP contribution < -0.4 is 4.74 Å². The largest absolute Gasteiger partial charge is 0.493 e. The van der Waals surface area contributed by atoms with Crippen molar-refractivity contribution in [1.82, 2.24) is 0 Å². The highest BCUT2D eigenvalue weighted by molar-refractivity contribution is 6.26. The highest BCUT2D eigenvalue weighted by Crippen LogP contribution is 2.33. The molecular weight excluding hydrogens is 320 g/mol. The van der Waals surface area contributed by atoms with Crippen LogP contribution in [0.5, 0.6) is 5.75 Å². The number of rotatable bonds is 4. The van der Waals surface area contributed by atoms with E-state index >= 15 is 0 Å². The zero-order chi connectivity index (χ0) is 18.2. The Labute approximate surface area is 146 Å². The maximum absolute atomic E-state index is 12.4. The van der Waals surface area contributed by atoms with Gasteiger partial charge in [-0.3, -0.25) is 9.59 Å². The topological polar surface area (TPSA) is 61.8 Å². The SMILES string of the molecule is CCOc1cccc2c1C(=O)C(OC)=C(OC)C2=O.c1ccccc1. The minimum Gasteiger partial charge on any atom is -0.493 e. The van der Waals surface area contributed by atoms with E-state index in [9.17, 15) is 9.59 Å². The summed E-state index contributed by atoms with van der Waals surface area (Å²) in [5.41, 5.74) is 0.501. The molecule has 3 rings (SSSR count). The Morgan fingerprint density at radius 3 is 1.76 bits per heavy atom. The molecular formula is C20H20O5. The average molecular weight is 340 g/mol. The van der Waals surface area contributed by atoms with E-state index in [0.717, 1.165) is 0 Å². The molecule has 0 spiro atoms. The molecule has 0 atom stereocenters. The molecule has 0 saturated heterocycles. The molecule has 1 aliphatic rings. The fourth-order valence-electron chi connectivity index (χ4n) is 2.43. The number of fused-ring (bicyclic) bond motifs is 1. The van der Waals surface area contributed by atoms with Crippen molar-refractivity contribution in [1.29, 1.82) is 0 Å². The van der Waals surface area contributed by atoms with Crippen LogP contribution in [0.25, 0.3) is 0 Å². The molecule has 0 saturated carbocycles. The fraction of sp³-hybridized carbons (Fsp3) is 0.200. The second-order valence-electron chi connectivity index (χ2n) is 4.99. The lowest BCUT2D eigenvalue weighted by atomic mass is 9.91. The molecule has 0 amide bonds. The van der Waals surface area contributed by atoms with Crippen LogP contribution in [0.3, 0.4) is 0 Å². The first-order valence-corrected chi connectivity index (χ1v) is 7.83.